The number of esters is 1. The first-order valence-corrected chi connectivity index (χ1v) is 14.5. The minimum atomic E-state index is -0.861. The molecule has 1 fully saturated rings. The van der Waals surface area contributed by atoms with Crippen LogP contribution in [0.5, 0.6) is 11.5 Å². The minimum absolute atomic E-state index is 0.00434. The number of fused-ring (bicyclic) bond motifs is 3. The summed E-state index contributed by atoms with van der Waals surface area (Å²) in [4.78, 5) is 62.9. The molecule has 1 aliphatic rings. The average Bonchev–Trinajstić information content (AvgIpc) is 3.32. The van der Waals surface area contributed by atoms with Gasteiger partial charge in [-0.05, 0) is 86.2 Å². The molecule has 10 nitrogen and oxygen atoms in total. The first kappa shape index (κ1) is 29.7. The van der Waals surface area contributed by atoms with E-state index in [0.29, 0.717) is 62.5 Å². The number of likely N-dealkylation sites (N-methyl/N-ethyl adjacent to an activating group) is 1. The molecule has 5 aromatic rings. The number of nitrogens with zero attached hydrogens (tertiary/aromatic N) is 3. The number of benzene rings is 4. The lowest BCUT2D eigenvalue weighted by Gasteiger charge is -2.18. The van der Waals surface area contributed by atoms with E-state index in [0.717, 1.165) is 10.8 Å². The van der Waals surface area contributed by atoms with E-state index < -0.39 is 23.8 Å². The predicted molar refractivity (Wildman–Crippen MR) is 168 cm³/mol. The SMILES string of the molecule is Cc1cc(C(=O)ON2C(=O)CCC2=O)cc(C)c1OC(=O)c1c2cc3ccccc3cc2nc2cccc(OCCN(C)C)c12. The molecular weight excluding hydrogens is 574 g/mol. The Morgan fingerprint density at radius 1 is 0.844 bits per heavy atom. The summed E-state index contributed by atoms with van der Waals surface area (Å²) >= 11 is 0. The van der Waals surface area contributed by atoms with Crippen molar-refractivity contribution in [3.8, 4) is 11.5 Å². The fourth-order valence-corrected chi connectivity index (χ4v) is 5.49. The molecule has 0 saturated carbocycles. The molecule has 0 unspecified atom stereocenters. The van der Waals surface area contributed by atoms with Crippen LogP contribution in [0, 0.1) is 13.8 Å². The number of amides is 2. The Morgan fingerprint density at radius 2 is 1.51 bits per heavy atom. The number of aryl methyl sites for hydroxylation is 2. The number of aromatic nitrogens is 1. The molecule has 0 N–H and O–H groups in total. The van der Waals surface area contributed by atoms with Crippen molar-refractivity contribution in [1.29, 1.82) is 0 Å². The van der Waals surface area contributed by atoms with E-state index in [1.165, 1.54) is 12.1 Å². The standard InChI is InChI=1S/C35H31N3O7/c1-20-16-24(34(41)45-38-29(39)12-13-30(38)40)17-21(2)33(20)44-35(42)31-25-18-22-8-5-6-9-23(22)19-27(25)36-26-10-7-11-28(32(26)31)43-15-14-37(3)4/h5-11,16-19H,12-15H2,1-4H3. The van der Waals surface area contributed by atoms with Gasteiger partial charge in [-0.1, -0.05) is 30.3 Å². The lowest BCUT2D eigenvalue weighted by Crippen LogP contribution is -2.32. The summed E-state index contributed by atoms with van der Waals surface area (Å²) in [6.07, 6.45) is -0.00867. The molecule has 228 valence electrons. The molecule has 0 atom stereocenters. The summed E-state index contributed by atoms with van der Waals surface area (Å²) in [5.41, 5.74) is 2.63. The summed E-state index contributed by atoms with van der Waals surface area (Å²) in [5.74, 6) is -1.82. The van der Waals surface area contributed by atoms with Gasteiger partial charge < -0.3 is 19.2 Å². The lowest BCUT2D eigenvalue weighted by atomic mass is 9.98. The number of pyridine rings is 1. The summed E-state index contributed by atoms with van der Waals surface area (Å²) in [5, 5.41) is 3.59. The zero-order chi connectivity index (χ0) is 31.8. The molecule has 0 aliphatic carbocycles. The Labute approximate surface area is 259 Å². The van der Waals surface area contributed by atoms with Crippen LogP contribution >= 0.6 is 0 Å². The molecule has 2 amide bonds. The maximum Gasteiger partial charge on any atom is 0.363 e. The number of carbonyl (C=O) groups is 4. The van der Waals surface area contributed by atoms with E-state index in [1.807, 2.05) is 73.6 Å². The molecule has 45 heavy (non-hydrogen) atoms. The van der Waals surface area contributed by atoms with Gasteiger partial charge in [-0.25, -0.2) is 14.6 Å². The van der Waals surface area contributed by atoms with Crippen LogP contribution < -0.4 is 9.47 Å². The maximum absolute atomic E-state index is 14.3. The van der Waals surface area contributed by atoms with Crippen molar-refractivity contribution < 1.29 is 33.5 Å². The Kier molecular flexibility index (Phi) is 7.90. The van der Waals surface area contributed by atoms with E-state index in [-0.39, 0.29) is 24.2 Å². The number of hydrogen-bond donors (Lipinski definition) is 0. The third-order valence-corrected chi connectivity index (χ3v) is 7.70. The summed E-state index contributed by atoms with van der Waals surface area (Å²) < 4.78 is 12.3. The second-order valence-electron chi connectivity index (χ2n) is 11.3. The number of carbonyl (C=O) groups excluding carboxylic acids is 4. The Morgan fingerprint density at radius 3 is 2.18 bits per heavy atom. The fraction of sp³-hybridized carbons (Fsp3) is 0.229. The summed E-state index contributed by atoms with van der Waals surface area (Å²) in [6, 6.07) is 20.2. The number of imide groups is 1. The van der Waals surface area contributed by atoms with Gasteiger partial charge in [0.25, 0.3) is 11.8 Å². The number of hydrogen-bond acceptors (Lipinski definition) is 9. The third kappa shape index (κ3) is 5.80. The lowest BCUT2D eigenvalue weighted by molar-refractivity contribution is -0.172. The van der Waals surface area contributed by atoms with Crippen LogP contribution in [0.2, 0.25) is 0 Å². The van der Waals surface area contributed by atoms with Gasteiger partial charge in [0.1, 0.15) is 18.1 Å². The Balaban J connectivity index is 1.42. The first-order valence-electron chi connectivity index (χ1n) is 14.5. The molecule has 6 rings (SSSR count). The van der Waals surface area contributed by atoms with Crippen LogP contribution in [-0.4, -0.2) is 65.9 Å². The molecule has 1 saturated heterocycles. The number of rotatable bonds is 8. The van der Waals surface area contributed by atoms with Gasteiger partial charge >= 0.3 is 11.9 Å². The normalized spacial score (nSPS) is 13.3. The molecule has 0 radical (unpaired) electrons. The zero-order valence-corrected chi connectivity index (χ0v) is 25.4. The minimum Gasteiger partial charge on any atom is -0.492 e. The Hall–Kier alpha value is -5.35. The van der Waals surface area contributed by atoms with E-state index in [9.17, 15) is 19.2 Å². The molecule has 0 bridgehead atoms. The van der Waals surface area contributed by atoms with Crippen molar-refractivity contribution in [3.05, 3.63) is 89.0 Å². The van der Waals surface area contributed by atoms with E-state index >= 15 is 0 Å². The molecule has 1 aliphatic heterocycles. The largest absolute Gasteiger partial charge is 0.492 e. The van der Waals surface area contributed by atoms with Gasteiger partial charge in [0.2, 0.25) is 0 Å². The number of hydroxylamine groups is 2. The van der Waals surface area contributed by atoms with E-state index in [4.69, 9.17) is 19.3 Å². The van der Waals surface area contributed by atoms with Gasteiger partial charge in [0.15, 0.2) is 0 Å². The highest BCUT2D eigenvalue weighted by Gasteiger charge is 2.33. The van der Waals surface area contributed by atoms with Crippen molar-refractivity contribution in [3.63, 3.8) is 0 Å². The molecule has 1 aromatic heterocycles. The topological polar surface area (TPSA) is 115 Å². The van der Waals surface area contributed by atoms with Crippen LogP contribution in [0.4, 0.5) is 0 Å². The van der Waals surface area contributed by atoms with Crippen LogP contribution in [-0.2, 0) is 14.4 Å². The highest BCUT2D eigenvalue weighted by Crippen LogP contribution is 2.36. The van der Waals surface area contributed by atoms with Crippen LogP contribution in [0.1, 0.15) is 44.7 Å². The van der Waals surface area contributed by atoms with Crippen molar-refractivity contribution >= 4 is 56.3 Å². The number of ether oxygens (including phenoxy) is 2. The van der Waals surface area contributed by atoms with E-state index in [2.05, 4.69) is 0 Å². The molecule has 0 spiro atoms. The van der Waals surface area contributed by atoms with Gasteiger partial charge in [0, 0.05) is 24.8 Å². The van der Waals surface area contributed by atoms with Gasteiger partial charge in [0.05, 0.1) is 27.5 Å². The van der Waals surface area contributed by atoms with Gasteiger partial charge in [-0.15, -0.1) is 5.06 Å². The first-order chi connectivity index (χ1) is 21.6. The third-order valence-electron chi connectivity index (χ3n) is 7.70. The van der Waals surface area contributed by atoms with Gasteiger partial charge in [-0.2, -0.15) is 0 Å². The second kappa shape index (κ2) is 12.0. The maximum atomic E-state index is 14.3. The van der Waals surface area contributed by atoms with E-state index in [1.54, 1.807) is 13.8 Å². The van der Waals surface area contributed by atoms with Crippen LogP contribution in [0.15, 0.2) is 66.7 Å². The monoisotopic (exact) mass is 605 g/mol. The van der Waals surface area contributed by atoms with Gasteiger partial charge in [-0.3, -0.25) is 9.59 Å². The zero-order valence-electron chi connectivity index (χ0n) is 25.4. The smallest absolute Gasteiger partial charge is 0.363 e. The summed E-state index contributed by atoms with van der Waals surface area (Å²) in [6.45, 7) is 4.48. The van der Waals surface area contributed by atoms with Crippen molar-refractivity contribution in [2.24, 2.45) is 0 Å². The highest BCUT2D eigenvalue weighted by atomic mass is 16.7. The quantitative estimate of drug-likeness (QED) is 0.0973. The van der Waals surface area contributed by atoms with Crippen molar-refractivity contribution in [2.75, 3.05) is 27.2 Å². The molecule has 10 heteroatoms. The highest BCUT2D eigenvalue weighted by molar-refractivity contribution is 6.18. The fourth-order valence-electron chi connectivity index (χ4n) is 5.49. The molecular formula is C35H31N3O7. The van der Waals surface area contributed by atoms with Crippen molar-refractivity contribution in [1.82, 2.24) is 14.9 Å². The van der Waals surface area contributed by atoms with Crippen molar-refractivity contribution in [2.45, 2.75) is 26.7 Å². The van der Waals surface area contributed by atoms with Crippen LogP contribution in [0.3, 0.4) is 0 Å². The van der Waals surface area contributed by atoms with Crippen LogP contribution in [0.25, 0.3) is 32.6 Å². The average molecular weight is 606 g/mol. The molecule has 4 aromatic carbocycles. The predicted octanol–water partition coefficient (Wildman–Crippen LogP) is 5.54. The summed E-state index contributed by atoms with van der Waals surface area (Å²) in [7, 11) is 3.91. The molecule has 2 heterocycles. The Bertz CT molecular complexity index is 2000. The second-order valence-corrected chi connectivity index (χ2v) is 11.3.